The molecule has 0 aromatic heterocycles. The number of amides is 2. The molecule has 1 aliphatic heterocycles. The molecule has 2 aromatic rings. The molecule has 2 amide bonds. The third-order valence-corrected chi connectivity index (χ3v) is 5.45. The van der Waals surface area contributed by atoms with E-state index in [1.54, 1.807) is 48.5 Å². The molecular formula is C21H21IN2O6. The third-order valence-electron chi connectivity index (χ3n) is 4.55. The maximum absolute atomic E-state index is 12.5. The number of β-lactam (4-membered cyclic amide) rings is 1. The summed E-state index contributed by atoms with van der Waals surface area (Å²) in [6, 6.07) is 16.5. The molecule has 158 valence electrons. The molecule has 1 heterocycles. The van der Waals surface area contributed by atoms with Crippen LogP contribution in [0.5, 0.6) is 5.75 Å². The molecule has 0 spiro atoms. The Morgan fingerprint density at radius 3 is 2.37 bits per heavy atom. The molecule has 1 saturated heterocycles. The Balaban J connectivity index is 1.50. The number of esters is 1. The van der Waals surface area contributed by atoms with Crippen molar-refractivity contribution in [2.45, 2.75) is 24.9 Å². The van der Waals surface area contributed by atoms with Crippen LogP contribution < -0.4 is 10.1 Å². The highest BCUT2D eigenvalue weighted by Gasteiger charge is 2.52. The van der Waals surface area contributed by atoms with E-state index in [0.29, 0.717) is 10.2 Å². The van der Waals surface area contributed by atoms with Gasteiger partial charge in [-0.05, 0) is 17.7 Å². The van der Waals surface area contributed by atoms with Gasteiger partial charge in [-0.25, -0.2) is 4.79 Å². The number of para-hydroxylation sites is 1. The van der Waals surface area contributed by atoms with Crippen LogP contribution in [0.25, 0.3) is 0 Å². The van der Waals surface area contributed by atoms with E-state index in [4.69, 9.17) is 9.47 Å². The Bertz CT molecular complexity index is 880. The van der Waals surface area contributed by atoms with E-state index in [9.17, 15) is 19.5 Å². The summed E-state index contributed by atoms with van der Waals surface area (Å²) < 4.78 is 10.9. The molecule has 1 unspecified atom stereocenters. The number of hydrogen-bond acceptors (Lipinski definition) is 6. The zero-order valence-corrected chi connectivity index (χ0v) is 18.1. The van der Waals surface area contributed by atoms with E-state index in [1.807, 2.05) is 34.7 Å². The first kappa shape index (κ1) is 22.0. The average Bonchev–Trinajstić information content (AvgIpc) is 2.78. The highest BCUT2D eigenvalue weighted by atomic mass is 127. The highest BCUT2D eigenvalue weighted by Crippen LogP contribution is 2.25. The van der Waals surface area contributed by atoms with Gasteiger partial charge < -0.3 is 19.9 Å². The minimum atomic E-state index is -1.73. The summed E-state index contributed by atoms with van der Waals surface area (Å²) in [5.74, 6) is -1.39. The minimum Gasteiger partial charge on any atom is -0.484 e. The zero-order chi connectivity index (χ0) is 21.5. The van der Waals surface area contributed by atoms with Crippen LogP contribution in [0.4, 0.5) is 0 Å². The lowest BCUT2D eigenvalue weighted by atomic mass is 9.96. The normalized spacial score (nSPS) is 18.9. The van der Waals surface area contributed by atoms with E-state index >= 15 is 0 Å². The number of carbonyl (C=O) groups is 3. The second-order valence-corrected chi connectivity index (χ2v) is 7.46. The molecule has 3 atom stereocenters. The van der Waals surface area contributed by atoms with Gasteiger partial charge >= 0.3 is 5.97 Å². The molecule has 1 aliphatic rings. The Morgan fingerprint density at radius 2 is 1.73 bits per heavy atom. The molecule has 2 N–H and O–H groups in total. The second-order valence-electron chi connectivity index (χ2n) is 6.58. The SMILES string of the molecule is O=C(COc1ccccc1)N[C@@H]1C(=O)N(C(O)C(=O)OCc2ccccc2)[C@@H]1CI. The van der Waals surface area contributed by atoms with Crippen LogP contribution in [-0.2, 0) is 25.7 Å². The Morgan fingerprint density at radius 1 is 1.10 bits per heavy atom. The lowest BCUT2D eigenvalue weighted by Gasteiger charge is -2.47. The number of aliphatic hydroxyl groups excluding tert-OH is 1. The summed E-state index contributed by atoms with van der Waals surface area (Å²) in [5, 5.41) is 12.9. The summed E-state index contributed by atoms with van der Waals surface area (Å²) in [5.41, 5.74) is 0.766. The molecule has 9 heteroatoms. The largest absolute Gasteiger partial charge is 0.484 e. The van der Waals surface area contributed by atoms with Crippen LogP contribution in [0.2, 0.25) is 0 Å². The fourth-order valence-corrected chi connectivity index (χ4v) is 3.92. The first-order valence-corrected chi connectivity index (χ1v) is 10.8. The molecule has 0 saturated carbocycles. The van der Waals surface area contributed by atoms with E-state index in [-0.39, 0.29) is 13.2 Å². The standard InChI is InChI=1S/C21H21IN2O6/c22-11-16-18(23-17(25)13-29-15-9-5-2-6-10-15)19(26)24(16)20(27)21(28)30-12-14-7-3-1-4-8-14/h1-10,16,18,20,27H,11-13H2,(H,23,25)/t16-,18+,20?/m1/s1. The van der Waals surface area contributed by atoms with Crippen LogP contribution in [0.3, 0.4) is 0 Å². The van der Waals surface area contributed by atoms with Crippen molar-refractivity contribution in [3.8, 4) is 5.75 Å². The number of benzene rings is 2. The van der Waals surface area contributed by atoms with Crippen molar-refractivity contribution in [2.24, 2.45) is 0 Å². The molecule has 0 bridgehead atoms. The fraction of sp³-hybridized carbons (Fsp3) is 0.286. The molecule has 0 aliphatic carbocycles. The van der Waals surface area contributed by atoms with E-state index in [1.165, 1.54) is 0 Å². The molecule has 8 nitrogen and oxygen atoms in total. The van der Waals surface area contributed by atoms with Gasteiger partial charge in [-0.2, -0.15) is 0 Å². The van der Waals surface area contributed by atoms with Gasteiger partial charge in [0.15, 0.2) is 6.61 Å². The van der Waals surface area contributed by atoms with Crippen molar-refractivity contribution in [1.82, 2.24) is 10.2 Å². The van der Waals surface area contributed by atoms with Crippen molar-refractivity contribution < 1.29 is 29.0 Å². The fourth-order valence-electron chi connectivity index (χ4n) is 2.99. The van der Waals surface area contributed by atoms with Gasteiger partial charge in [0.25, 0.3) is 5.91 Å². The Labute approximate surface area is 187 Å². The number of rotatable bonds is 9. The Kier molecular flexibility index (Phi) is 7.63. The summed E-state index contributed by atoms with van der Waals surface area (Å²) in [6.45, 7) is -0.256. The van der Waals surface area contributed by atoms with Gasteiger partial charge in [0, 0.05) is 4.43 Å². The molecule has 1 fully saturated rings. The number of carbonyl (C=O) groups excluding carboxylic acids is 3. The molecule has 30 heavy (non-hydrogen) atoms. The van der Waals surface area contributed by atoms with Crippen LogP contribution in [0.1, 0.15) is 5.56 Å². The molecular weight excluding hydrogens is 503 g/mol. The number of halogens is 1. The van der Waals surface area contributed by atoms with Gasteiger partial charge in [-0.3, -0.25) is 14.5 Å². The summed E-state index contributed by atoms with van der Waals surface area (Å²) in [6.07, 6.45) is -1.73. The second kappa shape index (κ2) is 10.4. The monoisotopic (exact) mass is 524 g/mol. The number of hydrogen-bond donors (Lipinski definition) is 2. The average molecular weight is 524 g/mol. The zero-order valence-electron chi connectivity index (χ0n) is 15.9. The maximum atomic E-state index is 12.5. The number of ether oxygens (including phenoxy) is 2. The van der Waals surface area contributed by atoms with Gasteiger partial charge in [0.05, 0.1) is 6.04 Å². The van der Waals surface area contributed by atoms with Gasteiger partial charge in [0.2, 0.25) is 12.1 Å². The first-order chi connectivity index (χ1) is 14.5. The predicted molar refractivity (Wildman–Crippen MR) is 116 cm³/mol. The number of alkyl halides is 1. The third kappa shape index (κ3) is 5.28. The van der Waals surface area contributed by atoms with Gasteiger partial charge in [-0.15, -0.1) is 0 Å². The number of nitrogens with zero attached hydrogens (tertiary/aromatic N) is 1. The topological polar surface area (TPSA) is 105 Å². The van der Waals surface area contributed by atoms with Crippen molar-refractivity contribution in [3.05, 3.63) is 66.2 Å². The molecule has 0 radical (unpaired) electrons. The molecule has 2 aromatic carbocycles. The predicted octanol–water partition coefficient (Wildman–Crippen LogP) is 1.26. The van der Waals surface area contributed by atoms with Gasteiger partial charge in [0.1, 0.15) is 18.4 Å². The van der Waals surface area contributed by atoms with Crippen LogP contribution in [-0.4, -0.2) is 57.1 Å². The Hall–Kier alpha value is -2.66. The quantitative estimate of drug-likeness (QED) is 0.222. The summed E-state index contributed by atoms with van der Waals surface area (Å²) in [7, 11) is 0. The van der Waals surface area contributed by atoms with Gasteiger partial charge in [-0.1, -0.05) is 71.1 Å². The van der Waals surface area contributed by atoms with Crippen molar-refractivity contribution >= 4 is 40.4 Å². The summed E-state index contributed by atoms with van der Waals surface area (Å²) in [4.78, 5) is 37.8. The van der Waals surface area contributed by atoms with Crippen LogP contribution in [0.15, 0.2) is 60.7 Å². The molecule has 3 rings (SSSR count). The van der Waals surface area contributed by atoms with Crippen LogP contribution >= 0.6 is 22.6 Å². The minimum absolute atomic E-state index is 0.00927. The maximum Gasteiger partial charge on any atom is 0.356 e. The lowest BCUT2D eigenvalue weighted by Crippen LogP contribution is -2.75. The smallest absolute Gasteiger partial charge is 0.356 e. The number of aliphatic hydroxyl groups is 1. The van der Waals surface area contributed by atoms with Crippen molar-refractivity contribution in [1.29, 1.82) is 0 Å². The highest BCUT2D eigenvalue weighted by molar-refractivity contribution is 14.1. The lowest BCUT2D eigenvalue weighted by molar-refractivity contribution is -0.186. The van der Waals surface area contributed by atoms with E-state index in [2.05, 4.69) is 5.32 Å². The van der Waals surface area contributed by atoms with E-state index < -0.39 is 36.1 Å². The number of nitrogens with one attached hydrogen (secondary N) is 1. The van der Waals surface area contributed by atoms with Crippen molar-refractivity contribution in [2.75, 3.05) is 11.0 Å². The van der Waals surface area contributed by atoms with E-state index in [0.717, 1.165) is 10.5 Å². The van der Waals surface area contributed by atoms with Crippen LogP contribution in [0, 0.1) is 0 Å². The number of likely N-dealkylation sites (tertiary alicyclic amines) is 1. The first-order valence-electron chi connectivity index (χ1n) is 9.25. The summed E-state index contributed by atoms with van der Waals surface area (Å²) >= 11 is 2.03. The van der Waals surface area contributed by atoms with Crippen molar-refractivity contribution in [3.63, 3.8) is 0 Å².